The number of carboxylic acid groups (broad SMARTS) is 2. The summed E-state index contributed by atoms with van der Waals surface area (Å²) in [6.45, 7) is 0.158. The van der Waals surface area contributed by atoms with E-state index < -0.39 is 48.3 Å². The Morgan fingerprint density at radius 3 is 2.13 bits per heavy atom. The summed E-state index contributed by atoms with van der Waals surface area (Å²) in [6.07, 6.45) is -0.307. The minimum absolute atomic E-state index is 0.000881. The zero-order valence-electron chi connectivity index (χ0n) is 16.9. The lowest BCUT2D eigenvalue weighted by atomic mass is 10.0. The molecule has 170 valence electrons. The summed E-state index contributed by atoms with van der Waals surface area (Å²) in [7, 11) is 0. The van der Waals surface area contributed by atoms with Crippen LogP contribution in [0, 0.1) is 0 Å². The van der Waals surface area contributed by atoms with Crippen LogP contribution in [-0.4, -0.2) is 64.6 Å². The lowest BCUT2D eigenvalue weighted by Gasteiger charge is -2.22. The van der Waals surface area contributed by atoms with Crippen LogP contribution >= 0.6 is 0 Å². The van der Waals surface area contributed by atoms with Gasteiger partial charge < -0.3 is 38.0 Å². The Labute approximate surface area is 178 Å². The van der Waals surface area contributed by atoms with E-state index in [0.29, 0.717) is 0 Å². The average Bonchev–Trinajstić information content (AvgIpc) is 2.69. The van der Waals surface area contributed by atoms with Crippen molar-refractivity contribution < 1.29 is 29.4 Å². The first-order valence-corrected chi connectivity index (χ1v) is 9.50. The fraction of sp³-hybridized carbons (Fsp3) is 0.421. The van der Waals surface area contributed by atoms with Gasteiger partial charge in [-0.25, -0.2) is 4.79 Å². The predicted octanol–water partition coefficient (Wildman–Crippen LogP) is -1.86. The van der Waals surface area contributed by atoms with E-state index in [9.17, 15) is 24.3 Å². The second-order valence-electron chi connectivity index (χ2n) is 6.80. The van der Waals surface area contributed by atoms with Gasteiger partial charge in [0.05, 0.1) is 12.5 Å². The number of benzene rings is 1. The predicted molar refractivity (Wildman–Crippen MR) is 112 cm³/mol. The maximum absolute atomic E-state index is 12.5. The zero-order chi connectivity index (χ0) is 23.4. The summed E-state index contributed by atoms with van der Waals surface area (Å²) >= 11 is 0. The van der Waals surface area contributed by atoms with Gasteiger partial charge >= 0.3 is 11.9 Å². The maximum Gasteiger partial charge on any atom is 0.326 e. The first-order valence-electron chi connectivity index (χ1n) is 9.50. The molecule has 0 aliphatic rings. The molecule has 0 saturated heterocycles. The topological polar surface area (TPSA) is 223 Å². The summed E-state index contributed by atoms with van der Waals surface area (Å²) in [5, 5.41) is 22.9. The van der Waals surface area contributed by atoms with Crippen molar-refractivity contribution in [2.75, 3.05) is 6.54 Å². The monoisotopic (exact) mass is 436 g/mol. The van der Waals surface area contributed by atoms with Crippen LogP contribution in [0.5, 0.6) is 0 Å². The number of nitrogens with zero attached hydrogens (tertiary/aromatic N) is 1. The Bertz CT molecular complexity index is 796. The molecule has 12 heteroatoms. The molecule has 0 aliphatic heterocycles. The molecule has 0 aliphatic carbocycles. The number of guanidine groups is 1. The van der Waals surface area contributed by atoms with E-state index in [1.807, 2.05) is 0 Å². The van der Waals surface area contributed by atoms with E-state index in [4.69, 9.17) is 22.3 Å². The molecule has 0 aromatic heterocycles. The highest BCUT2D eigenvalue weighted by molar-refractivity contribution is 5.94. The molecule has 10 N–H and O–H groups in total. The van der Waals surface area contributed by atoms with Crippen LogP contribution in [0.2, 0.25) is 0 Å². The summed E-state index contributed by atoms with van der Waals surface area (Å²) in [6, 6.07) is 5.07. The van der Waals surface area contributed by atoms with Gasteiger partial charge in [-0.2, -0.15) is 0 Å². The number of rotatable bonds is 13. The molecule has 2 amide bonds. The molecule has 0 radical (unpaired) electrons. The molecule has 3 atom stereocenters. The van der Waals surface area contributed by atoms with Crippen molar-refractivity contribution in [1.82, 2.24) is 10.6 Å². The second-order valence-corrected chi connectivity index (χ2v) is 6.80. The molecule has 1 aromatic rings. The van der Waals surface area contributed by atoms with E-state index in [-0.39, 0.29) is 31.8 Å². The normalized spacial score (nSPS) is 13.3. The number of hydrogen-bond acceptors (Lipinski definition) is 6. The molecule has 0 bridgehead atoms. The summed E-state index contributed by atoms with van der Waals surface area (Å²) in [4.78, 5) is 51.1. The van der Waals surface area contributed by atoms with Crippen molar-refractivity contribution in [2.24, 2.45) is 22.2 Å². The van der Waals surface area contributed by atoms with Crippen molar-refractivity contribution in [3.63, 3.8) is 0 Å². The fourth-order valence-corrected chi connectivity index (χ4v) is 2.66. The van der Waals surface area contributed by atoms with Crippen LogP contribution in [-0.2, 0) is 25.6 Å². The number of nitrogens with two attached hydrogens (primary N) is 3. The van der Waals surface area contributed by atoms with Crippen LogP contribution in [0.1, 0.15) is 24.8 Å². The van der Waals surface area contributed by atoms with E-state index >= 15 is 0 Å². The minimum Gasteiger partial charge on any atom is -0.481 e. The molecule has 12 nitrogen and oxygen atoms in total. The number of carboxylic acids is 2. The number of nitrogens with one attached hydrogen (secondary N) is 2. The highest BCUT2D eigenvalue weighted by atomic mass is 16.4. The molecule has 1 aromatic carbocycles. The quantitative estimate of drug-likeness (QED) is 0.104. The van der Waals surface area contributed by atoms with Gasteiger partial charge in [0.25, 0.3) is 0 Å². The summed E-state index contributed by atoms with van der Waals surface area (Å²) < 4.78 is 0. The second kappa shape index (κ2) is 12.8. The van der Waals surface area contributed by atoms with E-state index in [1.165, 1.54) is 0 Å². The van der Waals surface area contributed by atoms with Crippen LogP contribution in [0.15, 0.2) is 35.3 Å². The number of carbonyl (C=O) groups excluding carboxylic acids is 2. The molecule has 1 rings (SSSR count). The summed E-state index contributed by atoms with van der Waals surface area (Å²) in [5.41, 5.74) is 17.0. The molecular formula is C19H28N6O6. The van der Waals surface area contributed by atoms with E-state index in [0.717, 1.165) is 5.56 Å². The Kier molecular flexibility index (Phi) is 10.5. The lowest BCUT2D eigenvalue weighted by Crippen LogP contribution is -2.55. The molecule has 0 fully saturated rings. The Morgan fingerprint density at radius 2 is 1.58 bits per heavy atom. The van der Waals surface area contributed by atoms with Gasteiger partial charge in [0, 0.05) is 6.54 Å². The first kappa shape index (κ1) is 25.4. The van der Waals surface area contributed by atoms with E-state index in [1.54, 1.807) is 30.3 Å². The smallest absolute Gasteiger partial charge is 0.326 e. The van der Waals surface area contributed by atoms with Crippen molar-refractivity contribution >= 4 is 29.7 Å². The first-order chi connectivity index (χ1) is 14.6. The van der Waals surface area contributed by atoms with Crippen LogP contribution < -0.4 is 27.8 Å². The van der Waals surface area contributed by atoms with Crippen molar-refractivity contribution in [3.05, 3.63) is 35.9 Å². The Hall–Kier alpha value is -3.67. The number of aliphatic imine (C=N–C) groups is 1. The molecular weight excluding hydrogens is 408 g/mol. The number of hydrogen-bond donors (Lipinski definition) is 7. The molecule has 31 heavy (non-hydrogen) atoms. The highest BCUT2D eigenvalue weighted by Gasteiger charge is 2.29. The highest BCUT2D eigenvalue weighted by Crippen LogP contribution is 2.04. The van der Waals surface area contributed by atoms with Gasteiger partial charge in [-0.15, -0.1) is 0 Å². The number of aliphatic carboxylic acids is 2. The third-order valence-corrected chi connectivity index (χ3v) is 4.21. The SMILES string of the molecule is NC(N)=NCCCC(NC(=O)C(CC(=O)O)NC(=O)C(N)Cc1ccccc1)C(=O)O. The maximum atomic E-state index is 12.5. The van der Waals surface area contributed by atoms with Gasteiger partial charge in [0.1, 0.15) is 12.1 Å². The third-order valence-electron chi connectivity index (χ3n) is 4.21. The molecule has 3 unspecified atom stereocenters. The van der Waals surface area contributed by atoms with Crippen molar-refractivity contribution in [2.45, 2.75) is 43.8 Å². The molecule has 0 saturated carbocycles. The fourth-order valence-electron chi connectivity index (χ4n) is 2.66. The van der Waals surface area contributed by atoms with Gasteiger partial charge in [-0.05, 0) is 24.8 Å². The third kappa shape index (κ3) is 10.1. The standard InChI is InChI=1S/C19H28N6O6/c20-12(9-11-5-2-1-3-6-11)16(28)25-14(10-15(26)27)17(29)24-13(18(30)31)7-4-8-23-19(21)22/h1-3,5-6,12-14H,4,7-10,20H2,(H,24,29)(H,25,28)(H,26,27)(H,30,31)(H4,21,22,23). The van der Waals surface area contributed by atoms with Gasteiger partial charge in [0.2, 0.25) is 11.8 Å². The Morgan fingerprint density at radius 1 is 0.968 bits per heavy atom. The van der Waals surface area contributed by atoms with Gasteiger partial charge in [-0.3, -0.25) is 19.4 Å². The average molecular weight is 436 g/mol. The van der Waals surface area contributed by atoms with Crippen LogP contribution in [0.4, 0.5) is 0 Å². The van der Waals surface area contributed by atoms with Crippen molar-refractivity contribution in [1.29, 1.82) is 0 Å². The number of carbonyl (C=O) groups is 4. The Balaban J connectivity index is 2.75. The minimum atomic E-state index is -1.49. The largest absolute Gasteiger partial charge is 0.481 e. The van der Waals surface area contributed by atoms with Crippen molar-refractivity contribution in [3.8, 4) is 0 Å². The van der Waals surface area contributed by atoms with Gasteiger partial charge in [-0.1, -0.05) is 30.3 Å². The summed E-state index contributed by atoms with van der Waals surface area (Å²) in [5.74, 6) is -4.50. The van der Waals surface area contributed by atoms with E-state index in [2.05, 4.69) is 15.6 Å². The van der Waals surface area contributed by atoms with Gasteiger partial charge in [0.15, 0.2) is 5.96 Å². The van der Waals surface area contributed by atoms with Crippen LogP contribution in [0.3, 0.4) is 0 Å². The number of amides is 2. The molecule has 0 spiro atoms. The zero-order valence-corrected chi connectivity index (χ0v) is 16.9. The molecule has 0 heterocycles. The lowest BCUT2D eigenvalue weighted by molar-refractivity contribution is -0.143. The van der Waals surface area contributed by atoms with Crippen LogP contribution in [0.25, 0.3) is 0 Å².